The van der Waals surface area contributed by atoms with Crippen molar-refractivity contribution in [2.75, 3.05) is 17.7 Å². The lowest BCUT2D eigenvalue weighted by Crippen LogP contribution is -2.05. The lowest BCUT2D eigenvalue weighted by atomic mass is 10.2. The summed E-state index contributed by atoms with van der Waals surface area (Å²) in [4.78, 5) is 8.75. The summed E-state index contributed by atoms with van der Waals surface area (Å²) in [5.74, 6) is 2.29. The van der Waals surface area contributed by atoms with E-state index in [-0.39, 0.29) is 0 Å². The fourth-order valence-corrected chi connectivity index (χ4v) is 2.62. The molecule has 0 aliphatic rings. The number of hydrogen-bond acceptors (Lipinski definition) is 4. The third kappa shape index (κ3) is 3.27. The van der Waals surface area contributed by atoms with Gasteiger partial charge in [-0.15, -0.1) is 0 Å². The van der Waals surface area contributed by atoms with Gasteiger partial charge < -0.3 is 10.6 Å². The van der Waals surface area contributed by atoms with E-state index < -0.39 is 0 Å². The van der Waals surface area contributed by atoms with Gasteiger partial charge in [0, 0.05) is 16.2 Å². The number of hydrogen-bond donors (Lipinski definition) is 2. The minimum Gasteiger partial charge on any atom is -0.373 e. The molecule has 0 amide bonds. The van der Waals surface area contributed by atoms with E-state index in [1.54, 1.807) is 0 Å². The smallest absolute Gasteiger partial charge is 0.139 e. The Morgan fingerprint density at radius 2 is 1.84 bits per heavy atom. The predicted molar refractivity (Wildman–Crippen MR) is 88.5 cm³/mol. The van der Waals surface area contributed by atoms with Crippen molar-refractivity contribution in [3.05, 3.63) is 38.2 Å². The zero-order chi connectivity index (χ0) is 14.0. The van der Waals surface area contributed by atoms with Crippen LogP contribution in [0.5, 0.6) is 0 Å². The van der Waals surface area contributed by atoms with Crippen molar-refractivity contribution in [1.82, 2.24) is 9.97 Å². The molecule has 1 heterocycles. The topological polar surface area (TPSA) is 49.8 Å². The van der Waals surface area contributed by atoms with E-state index in [4.69, 9.17) is 11.6 Å². The van der Waals surface area contributed by atoms with Gasteiger partial charge >= 0.3 is 0 Å². The Kier molecular flexibility index (Phi) is 4.46. The van der Waals surface area contributed by atoms with Crippen LogP contribution in [-0.4, -0.2) is 17.0 Å². The Bertz CT molecular complexity index is 616. The first-order valence-corrected chi connectivity index (χ1v) is 7.22. The predicted octanol–water partition coefficient (Wildman–Crippen LogP) is 4.14. The standard InChI is InChI=1S/C13H14ClIN4/c1-7-12(16-3)17-8(2)18-13(7)19-11-5-4-9(15)6-10(11)14/h4-6H,1-3H3,(H2,16,17,18,19). The Morgan fingerprint density at radius 1 is 1.16 bits per heavy atom. The van der Waals surface area contributed by atoms with Crippen LogP contribution in [0.15, 0.2) is 18.2 Å². The molecule has 0 aliphatic heterocycles. The minimum absolute atomic E-state index is 0.675. The van der Waals surface area contributed by atoms with Gasteiger partial charge in [0.2, 0.25) is 0 Å². The zero-order valence-corrected chi connectivity index (χ0v) is 13.8. The summed E-state index contributed by atoms with van der Waals surface area (Å²) in [6.45, 7) is 3.83. The summed E-state index contributed by atoms with van der Waals surface area (Å²) in [5, 5.41) is 6.99. The molecular formula is C13H14ClIN4. The second-order valence-corrected chi connectivity index (χ2v) is 5.75. The van der Waals surface area contributed by atoms with Crippen molar-refractivity contribution < 1.29 is 0 Å². The first kappa shape index (κ1) is 14.3. The molecule has 0 aliphatic carbocycles. The maximum atomic E-state index is 6.22. The number of nitrogens with one attached hydrogen (secondary N) is 2. The van der Waals surface area contributed by atoms with E-state index in [1.807, 2.05) is 39.1 Å². The first-order chi connectivity index (χ1) is 9.01. The Hall–Kier alpha value is -1.08. The Balaban J connectivity index is 2.40. The number of rotatable bonds is 3. The lowest BCUT2D eigenvalue weighted by molar-refractivity contribution is 1.04. The highest BCUT2D eigenvalue weighted by Crippen LogP contribution is 2.29. The van der Waals surface area contributed by atoms with E-state index in [0.717, 1.165) is 26.5 Å². The number of halogens is 2. The lowest BCUT2D eigenvalue weighted by Gasteiger charge is -2.13. The molecular weight excluding hydrogens is 375 g/mol. The molecule has 0 fully saturated rings. The molecule has 19 heavy (non-hydrogen) atoms. The molecule has 2 aromatic rings. The molecule has 0 spiro atoms. The maximum Gasteiger partial charge on any atom is 0.139 e. The van der Waals surface area contributed by atoms with Gasteiger partial charge in [-0.1, -0.05) is 11.6 Å². The maximum absolute atomic E-state index is 6.22. The number of anilines is 3. The van der Waals surface area contributed by atoms with E-state index in [1.165, 1.54) is 0 Å². The quantitative estimate of drug-likeness (QED) is 0.776. The van der Waals surface area contributed by atoms with Crippen LogP contribution in [0, 0.1) is 17.4 Å². The average Bonchev–Trinajstić information content (AvgIpc) is 2.36. The van der Waals surface area contributed by atoms with Gasteiger partial charge in [0.25, 0.3) is 0 Å². The van der Waals surface area contributed by atoms with Gasteiger partial charge in [-0.25, -0.2) is 9.97 Å². The average molecular weight is 389 g/mol. The summed E-state index contributed by atoms with van der Waals surface area (Å²) in [7, 11) is 1.84. The van der Waals surface area contributed by atoms with E-state index in [0.29, 0.717) is 10.8 Å². The van der Waals surface area contributed by atoms with Crippen LogP contribution in [0.4, 0.5) is 17.3 Å². The summed E-state index contributed by atoms with van der Waals surface area (Å²) in [6.07, 6.45) is 0. The molecule has 0 unspecified atom stereocenters. The monoisotopic (exact) mass is 388 g/mol. The third-order valence-corrected chi connectivity index (χ3v) is 3.66. The summed E-state index contributed by atoms with van der Waals surface area (Å²) in [6, 6.07) is 5.85. The summed E-state index contributed by atoms with van der Waals surface area (Å²) < 4.78 is 1.10. The SMILES string of the molecule is CNc1nc(C)nc(Nc2ccc(I)cc2Cl)c1C. The largest absolute Gasteiger partial charge is 0.373 e. The summed E-state index contributed by atoms with van der Waals surface area (Å²) in [5.41, 5.74) is 1.80. The second-order valence-electron chi connectivity index (χ2n) is 4.09. The molecule has 6 heteroatoms. The van der Waals surface area contributed by atoms with Gasteiger partial charge in [0.05, 0.1) is 10.7 Å². The minimum atomic E-state index is 0.675. The Labute approximate surface area is 131 Å². The van der Waals surface area contributed by atoms with Gasteiger partial charge in [0.1, 0.15) is 17.5 Å². The van der Waals surface area contributed by atoms with Crippen LogP contribution >= 0.6 is 34.2 Å². The highest BCUT2D eigenvalue weighted by atomic mass is 127. The van der Waals surface area contributed by atoms with Crippen LogP contribution in [0.25, 0.3) is 0 Å². The highest BCUT2D eigenvalue weighted by Gasteiger charge is 2.10. The highest BCUT2D eigenvalue weighted by molar-refractivity contribution is 14.1. The molecule has 0 bridgehead atoms. The first-order valence-electron chi connectivity index (χ1n) is 5.76. The third-order valence-electron chi connectivity index (χ3n) is 2.68. The number of aryl methyl sites for hydroxylation is 1. The zero-order valence-electron chi connectivity index (χ0n) is 10.9. The van der Waals surface area contributed by atoms with E-state index in [9.17, 15) is 0 Å². The molecule has 4 nitrogen and oxygen atoms in total. The van der Waals surface area contributed by atoms with E-state index >= 15 is 0 Å². The van der Waals surface area contributed by atoms with Crippen LogP contribution in [0.2, 0.25) is 5.02 Å². The molecule has 1 aromatic carbocycles. The molecule has 0 radical (unpaired) electrons. The van der Waals surface area contributed by atoms with Crippen molar-refractivity contribution in [1.29, 1.82) is 0 Å². The van der Waals surface area contributed by atoms with E-state index in [2.05, 4.69) is 43.2 Å². The fraction of sp³-hybridized carbons (Fsp3) is 0.231. The van der Waals surface area contributed by atoms with Gasteiger partial charge in [-0.2, -0.15) is 0 Å². The van der Waals surface area contributed by atoms with Crippen molar-refractivity contribution in [2.24, 2.45) is 0 Å². The molecule has 2 N–H and O–H groups in total. The molecule has 100 valence electrons. The van der Waals surface area contributed by atoms with Gasteiger partial charge in [-0.05, 0) is 54.6 Å². The number of aromatic nitrogens is 2. The van der Waals surface area contributed by atoms with Crippen LogP contribution in [0.3, 0.4) is 0 Å². The number of benzene rings is 1. The van der Waals surface area contributed by atoms with Crippen molar-refractivity contribution in [3.8, 4) is 0 Å². The van der Waals surface area contributed by atoms with Crippen molar-refractivity contribution >= 4 is 51.5 Å². The van der Waals surface area contributed by atoms with Crippen LogP contribution in [0.1, 0.15) is 11.4 Å². The Morgan fingerprint density at radius 3 is 2.47 bits per heavy atom. The van der Waals surface area contributed by atoms with Gasteiger partial charge in [0.15, 0.2) is 0 Å². The van der Waals surface area contributed by atoms with Crippen LogP contribution < -0.4 is 10.6 Å². The molecule has 2 rings (SSSR count). The molecule has 1 aromatic heterocycles. The van der Waals surface area contributed by atoms with Gasteiger partial charge in [-0.3, -0.25) is 0 Å². The number of nitrogens with zero attached hydrogens (tertiary/aromatic N) is 2. The molecule has 0 saturated carbocycles. The van der Waals surface area contributed by atoms with Crippen molar-refractivity contribution in [3.63, 3.8) is 0 Å². The second kappa shape index (κ2) is 5.92. The summed E-state index contributed by atoms with van der Waals surface area (Å²) >= 11 is 8.45. The fourth-order valence-electron chi connectivity index (χ4n) is 1.71. The van der Waals surface area contributed by atoms with Crippen LogP contribution in [-0.2, 0) is 0 Å². The normalized spacial score (nSPS) is 10.4. The molecule has 0 atom stereocenters. The van der Waals surface area contributed by atoms with Crippen molar-refractivity contribution in [2.45, 2.75) is 13.8 Å². The molecule has 0 saturated heterocycles.